The second-order valence-electron chi connectivity index (χ2n) is 4.26. The number of aryl methyl sites for hydroxylation is 1. The van der Waals surface area contributed by atoms with E-state index < -0.39 is 9.84 Å². The van der Waals surface area contributed by atoms with Crippen LogP contribution in [0.2, 0.25) is 5.28 Å². The molecule has 1 aromatic heterocycles. The van der Waals surface area contributed by atoms with Gasteiger partial charge >= 0.3 is 0 Å². The third-order valence-electron chi connectivity index (χ3n) is 2.65. The van der Waals surface area contributed by atoms with Crippen LogP contribution in [0, 0.1) is 6.92 Å². The van der Waals surface area contributed by atoms with Crippen LogP contribution in [0.3, 0.4) is 0 Å². The lowest BCUT2D eigenvalue weighted by Gasteiger charge is -2.10. The van der Waals surface area contributed by atoms with Crippen molar-refractivity contribution in [3.63, 3.8) is 0 Å². The van der Waals surface area contributed by atoms with Gasteiger partial charge in [0.15, 0.2) is 15.7 Å². The molecule has 1 heterocycles. The number of nitrogens with zero attached hydrogens (tertiary/aromatic N) is 2. The first-order chi connectivity index (χ1) is 9.27. The van der Waals surface area contributed by atoms with Gasteiger partial charge < -0.3 is 11.1 Å². The Morgan fingerprint density at radius 2 is 1.80 bits per heavy atom. The minimum absolute atomic E-state index is 0.0898. The van der Waals surface area contributed by atoms with Crippen LogP contribution in [-0.4, -0.2) is 24.6 Å². The third-order valence-corrected chi connectivity index (χ3v) is 3.95. The number of aromatic nitrogens is 2. The molecule has 0 spiro atoms. The fourth-order valence-corrected chi connectivity index (χ4v) is 2.41. The van der Waals surface area contributed by atoms with E-state index in [2.05, 4.69) is 15.3 Å². The van der Waals surface area contributed by atoms with Crippen LogP contribution in [0.25, 0.3) is 0 Å². The molecule has 0 saturated carbocycles. The molecule has 6 nitrogen and oxygen atoms in total. The Balaban J connectivity index is 2.32. The molecular formula is C12H13ClN4O2S. The molecule has 0 bridgehead atoms. The number of rotatable bonds is 3. The first kappa shape index (κ1) is 14.5. The number of nitrogens with two attached hydrogens (primary N) is 1. The predicted molar refractivity (Wildman–Crippen MR) is 79.0 cm³/mol. The van der Waals surface area contributed by atoms with Crippen LogP contribution in [-0.2, 0) is 9.84 Å². The molecule has 1 aromatic carbocycles. The van der Waals surface area contributed by atoms with Gasteiger partial charge in [-0.05, 0) is 42.8 Å². The van der Waals surface area contributed by atoms with Gasteiger partial charge in [-0.25, -0.2) is 13.4 Å². The summed E-state index contributed by atoms with van der Waals surface area (Å²) in [6, 6.07) is 6.26. The molecule has 0 aliphatic heterocycles. The third kappa shape index (κ3) is 3.17. The van der Waals surface area contributed by atoms with Crippen molar-refractivity contribution >= 4 is 38.6 Å². The maximum Gasteiger partial charge on any atom is 0.224 e. The summed E-state index contributed by atoms with van der Waals surface area (Å²) < 4.78 is 22.7. The lowest BCUT2D eigenvalue weighted by molar-refractivity contribution is 0.602. The Morgan fingerprint density at radius 3 is 2.35 bits per heavy atom. The first-order valence-electron chi connectivity index (χ1n) is 5.64. The van der Waals surface area contributed by atoms with E-state index in [1.807, 2.05) is 0 Å². The highest BCUT2D eigenvalue weighted by atomic mass is 35.5. The van der Waals surface area contributed by atoms with Crippen LogP contribution in [0.15, 0.2) is 29.2 Å². The number of anilines is 3. The van der Waals surface area contributed by atoms with Gasteiger partial charge in [-0.2, -0.15) is 4.98 Å². The summed E-state index contributed by atoms with van der Waals surface area (Å²) in [5.74, 6) is 0.384. The fraction of sp³-hybridized carbons (Fsp3) is 0.167. The average molecular weight is 313 g/mol. The van der Waals surface area contributed by atoms with Gasteiger partial charge in [0.2, 0.25) is 5.28 Å². The Bertz CT molecular complexity index is 745. The van der Waals surface area contributed by atoms with Crippen molar-refractivity contribution in [3.8, 4) is 0 Å². The molecule has 0 aliphatic rings. The standard InChI is InChI=1S/C12H13ClN4O2S/c1-7-10(14)11(17-12(13)15-7)16-8-3-5-9(6-4-8)20(2,18)19/h3-6H,14H2,1-2H3,(H,15,16,17). The monoisotopic (exact) mass is 312 g/mol. The maximum absolute atomic E-state index is 11.4. The molecule has 2 rings (SSSR count). The summed E-state index contributed by atoms with van der Waals surface area (Å²) in [7, 11) is -3.21. The zero-order valence-electron chi connectivity index (χ0n) is 10.9. The second-order valence-corrected chi connectivity index (χ2v) is 6.62. The number of nitrogen functional groups attached to an aromatic ring is 1. The van der Waals surface area contributed by atoms with Crippen molar-refractivity contribution in [1.82, 2.24) is 9.97 Å². The summed E-state index contributed by atoms with van der Waals surface area (Å²) in [6.45, 7) is 1.72. The summed E-state index contributed by atoms with van der Waals surface area (Å²) in [6.07, 6.45) is 1.15. The number of halogens is 1. The SMILES string of the molecule is Cc1nc(Cl)nc(Nc2ccc(S(C)(=O)=O)cc2)c1N. The van der Waals surface area contributed by atoms with Gasteiger partial charge in [0.05, 0.1) is 16.3 Å². The van der Waals surface area contributed by atoms with Crippen molar-refractivity contribution in [1.29, 1.82) is 0 Å². The van der Waals surface area contributed by atoms with E-state index in [0.29, 0.717) is 22.9 Å². The molecule has 0 saturated heterocycles. The minimum atomic E-state index is -3.21. The number of benzene rings is 1. The van der Waals surface area contributed by atoms with Crippen molar-refractivity contribution in [3.05, 3.63) is 35.2 Å². The molecule has 0 atom stereocenters. The van der Waals surface area contributed by atoms with Crippen molar-refractivity contribution in [2.45, 2.75) is 11.8 Å². The van der Waals surface area contributed by atoms with Gasteiger partial charge in [-0.15, -0.1) is 0 Å². The molecule has 0 aliphatic carbocycles. The maximum atomic E-state index is 11.4. The second kappa shape index (κ2) is 5.26. The van der Waals surface area contributed by atoms with Gasteiger partial charge in [-0.3, -0.25) is 0 Å². The van der Waals surface area contributed by atoms with Crippen molar-refractivity contribution in [2.24, 2.45) is 0 Å². The van der Waals surface area contributed by atoms with Crippen LogP contribution in [0.5, 0.6) is 0 Å². The van der Waals surface area contributed by atoms with Crippen LogP contribution in [0.4, 0.5) is 17.2 Å². The molecule has 0 radical (unpaired) electrons. The minimum Gasteiger partial charge on any atom is -0.394 e. The topological polar surface area (TPSA) is 98.0 Å². The highest BCUT2D eigenvalue weighted by Crippen LogP contribution is 2.25. The molecule has 2 aromatic rings. The zero-order valence-corrected chi connectivity index (χ0v) is 12.5. The normalized spacial score (nSPS) is 11.3. The van der Waals surface area contributed by atoms with E-state index >= 15 is 0 Å². The number of hydrogen-bond donors (Lipinski definition) is 2. The first-order valence-corrected chi connectivity index (χ1v) is 7.91. The van der Waals surface area contributed by atoms with Crippen LogP contribution >= 0.6 is 11.6 Å². The molecule has 3 N–H and O–H groups in total. The zero-order chi connectivity index (χ0) is 14.9. The number of hydrogen-bond acceptors (Lipinski definition) is 6. The molecule has 20 heavy (non-hydrogen) atoms. The summed E-state index contributed by atoms with van der Waals surface area (Å²) >= 11 is 5.78. The Kier molecular flexibility index (Phi) is 3.82. The van der Waals surface area contributed by atoms with Crippen molar-refractivity contribution < 1.29 is 8.42 Å². The Morgan fingerprint density at radius 1 is 1.20 bits per heavy atom. The highest BCUT2D eigenvalue weighted by Gasteiger charge is 2.09. The van der Waals surface area contributed by atoms with Crippen molar-refractivity contribution in [2.75, 3.05) is 17.3 Å². The lowest BCUT2D eigenvalue weighted by Crippen LogP contribution is -2.04. The Labute approximate surface area is 121 Å². The molecular weight excluding hydrogens is 300 g/mol. The highest BCUT2D eigenvalue weighted by molar-refractivity contribution is 7.90. The molecule has 0 fully saturated rings. The van der Waals surface area contributed by atoms with E-state index in [9.17, 15) is 8.42 Å². The van der Waals surface area contributed by atoms with E-state index in [0.717, 1.165) is 6.26 Å². The summed E-state index contributed by atoms with van der Waals surface area (Å²) in [5, 5.41) is 3.07. The van der Waals surface area contributed by atoms with Crippen LogP contribution < -0.4 is 11.1 Å². The average Bonchev–Trinajstić information content (AvgIpc) is 2.35. The largest absolute Gasteiger partial charge is 0.394 e. The fourth-order valence-electron chi connectivity index (χ4n) is 1.56. The van der Waals surface area contributed by atoms with Gasteiger partial charge in [0, 0.05) is 11.9 Å². The van der Waals surface area contributed by atoms with Crippen LogP contribution in [0.1, 0.15) is 5.69 Å². The molecule has 8 heteroatoms. The molecule has 106 valence electrons. The quantitative estimate of drug-likeness (QED) is 0.843. The lowest BCUT2D eigenvalue weighted by atomic mass is 10.3. The smallest absolute Gasteiger partial charge is 0.224 e. The van der Waals surface area contributed by atoms with E-state index in [-0.39, 0.29) is 10.2 Å². The van der Waals surface area contributed by atoms with Gasteiger partial charge in [0.1, 0.15) is 0 Å². The molecule has 0 amide bonds. The van der Waals surface area contributed by atoms with E-state index in [1.54, 1.807) is 19.1 Å². The predicted octanol–water partition coefficient (Wildman–Crippen LogP) is 2.17. The van der Waals surface area contributed by atoms with Gasteiger partial charge in [-0.1, -0.05) is 0 Å². The molecule has 0 unspecified atom stereocenters. The van der Waals surface area contributed by atoms with E-state index in [1.165, 1.54) is 12.1 Å². The summed E-state index contributed by atoms with van der Waals surface area (Å²) in [5.41, 5.74) is 7.47. The number of nitrogens with one attached hydrogen (secondary N) is 1. The summed E-state index contributed by atoms with van der Waals surface area (Å²) in [4.78, 5) is 8.18. The van der Waals surface area contributed by atoms with E-state index in [4.69, 9.17) is 17.3 Å². The van der Waals surface area contributed by atoms with Gasteiger partial charge in [0.25, 0.3) is 0 Å². The number of sulfone groups is 1. The Hall–Kier alpha value is -1.86.